The summed E-state index contributed by atoms with van der Waals surface area (Å²) in [5.41, 5.74) is 12.8. The predicted octanol–water partition coefficient (Wildman–Crippen LogP) is -1.50. The van der Waals surface area contributed by atoms with Gasteiger partial charge in [0.2, 0.25) is 53.2 Å². The molecular formula is C50H72N10O15. The number of primary amides is 1. The van der Waals surface area contributed by atoms with E-state index in [0.717, 1.165) is 12.5 Å². The standard InChI is InChI=1S/C50H72N10O15/c1-26(2)23-36(58-46(70)33(17-20-38(52)61)55-43(67)32(51)24-30-13-9-7-10-14-30)47(71)56-34(18-21-39(62)63)44(68)53-28(5)42(66)60-41(27(3)4)49(73)59-37(25-31-15-11-8-12-16-31)48(72)57-35(19-22-40(64)65)45(69)54-29(6)50(74)75/h7-16,26-29,32-37,41H,17-25,51H2,1-6H3,(H2,52,61)(H,53,68)(H,54,69)(H,55,67)(H,56,71)(H,57,72)(H,58,70)(H,59,73)(H,60,66)(H,62,63)(H,64,65)(H,74,75). The maximum Gasteiger partial charge on any atom is 0.325 e. The van der Waals surface area contributed by atoms with Gasteiger partial charge in [0.25, 0.3) is 0 Å². The summed E-state index contributed by atoms with van der Waals surface area (Å²) in [4.78, 5) is 155. The fourth-order valence-electron chi connectivity index (χ4n) is 7.28. The zero-order valence-electron chi connectivity index (χ0n) is 42.9. The Bertz CT molecular complexity index is 2320. The molecule has 9 amide bonds. The molecule has 25 nitrogen and oxygen atoms in total. The normalized spacial score (nSPS) is 14.6. The predicted molar refractivity (Wildman–Crippen MR) is 269 cm³/mol. The van der Waals surface area contributed by atoms with Crippen LogP contribution >= 0.6 is 0 Å². The second-order valence-corrected chi connectivity index (χ2v) is 18.8. The molecule has 9 unspecified atom stereocenters. The number of nitrogens with two attached hydrogens (primary N) is 2. The number of carboxylic acid groups (broad SMARTS) is 3. The maximum atomic E-state index is 14.0. The Kier molecular flexibility index (Phi) is 26.6. The first-order valence-corrected chi connectivity index (χ1v) is 24.4. The SMILES string of the molecule is CC(C)CC(NC(=O)C(CCC(N)=O)NC(=O)C(N)Cc1ccccc1)C(=O)NC(CCC(=O)O)C(=O)NC(C)C(=O)NC(C(=O)NC(Cc1ccccc1)C(=O)NC(CCC(=O)O)C(=O)NC(C)C(=O)O)C(C)C. The summed E-state index contributed by atoms with van der Waals surface area (Å²) in [7, 11) is 0. The maximum absolute atomic E-state index is 14.0. The molecule has 0 saturated carbocycles. The molecule has 2 aromatic carbocycles. The first-order valence-electron chi connectivity index (χ1n) is 24.4. The van der Waals surface area contributed by atoms with Gasteiger partial charge in [0.1, 0.15) is 48.3 Å². The van der Waals surface area contributed by atoms with Crippen molar-refractivity contribution in [1.82, 2.24) is 42.5 Å². The molecule has 2 aromatic rings. The third-order valence-electron chi connectivity index (χ3n) is 11.5. The Balaban J connectivity index is 2.32. The molecule has 75 heavy (non-hydrogen) atoms. The highest BCUT2D eigenvalue weighted by molar-refractivity contribution is 5.98. The third kappa shape index (κ3) is 23.6. The lowest BCUT2D eigenvalue weighted by molar-refractivity contribution is -0.142. The van der Waals surface area contributed by atoms with Crippen LogP contribution in [0.3, 0.4) is 0 Å². The van der Waals surface area contributed by atoms with Crippen molar-refractivity contribution in [3.8, 4) is 0 Å². The van der Waals surface area contributed by atoms with E-state index in [-0.39, 0.29) is 38.0 Å². The van der Waals surface area contributed by atoms with Crippen LogP contribution in [-0.2, 0) is 70.4 Å². The van der Waals surface area contributed by atoms with Crippen LogP contribution in [0.2, 0.25) is 0 Å². The first-order chi connectivity index (χ1) is 35.2. The molecule has 9 atom stereocenters. The number of hydrogen-bond donors (Lipinski definition) is 13. The Hall–Kier alpha value is -7.96. The minimum absolute atomic E-state index is 0.0209. The molecule has 0 aliphatic carbocycles. The summed E-state index contributed by atoms with van der Waals surface area (Å²) < 4.78 is 0. The number of rotatable bonds is 33. The Morgan fingerprint density at radius 3 is 1.27 bits per heavy atom. The minimum Gasteiger partial charge on any atom is -0.481 e. The van der Waals surface area contributed by atoms with Gasteiger partial charge in [-0.15, -0.1) is 0 Å². The fourth-order valence-corrected chi connectivity index (χ4v) is 7.28. The van der Waals surface area contributed by atoms with Crippen molar-refractivity contribution in [2.24, 2.45) is 23.3 Å². The van der Waals surface area contributed by atoms with Gasteiger partial charge in [-0.25, -0.2) is 0 Å². The van der Waals surface area contributed by atoms with Gasteiger partial charge in [0.15, 0.2) is 0 Å². The first kappa shape index (κ1) is 63.2. The molecule has 0 bridgehead atoms. The lowest BCUT2D eigenvalue weighted by Crippen LogP contribution is -2.61. The van der Waals surface area contributed by atoms with Crippen molar-refractivity contribution in [2.75, 3.05) is 0 Å². The minimum atomic E-state index is -1.60. The van der Waals surface area contributed by atoms with Crippen molar-refractivity contribution < 1.29 is 72.9 Å². The highest BCUT2D eigenvalue weighted by Gasteiger charge is 2.35. The Morgan fingerprint density at radius 2 is 0.827 bits per heavy atom. The van der Waals surface area contributed by atoms with Crippen molar-refractivity contribution in [2.45, 2.75) is 154 Å². The number of amides is 9. The van der Waals surface area contributed by atoms with Crippen molar-refractivity contribution in [3.63, 3.8) is 0 Å². The molecule has 412 valence electrons. The van der Waals surface area contributed by atoms with Crippen LogP contribution in [0, 0.1) is 11.8 Å². The van der Waals surface area contributed by atoms with Gasteiger partial charge in [-0.2, -0.15) is 0 Å². The molecule has 0 aliphatic heterocycles. The van der Waals surface area contributed by atoms with Gasteiger partial charge in [0.05, 0.1) is 6.04 Å². The highest BCUT2D eigenvalue weighted by Crippen LogP contribution is 2.12. The summed E-state index contributed by atoms with van der Waals surface area (Å²) >= 11 is 0. The van der Waals surface area contributed by atoms with E-state index in [1.807, 2.05) is 0 Å². The second-order valence-electron chi connectivity index (χ2n) is 18.8. The van der Waals surface area contributed by atoms with Crippen LogP contribution in [0.15, 0.2) is 60.7 Å². The lowest BCUT2D eigenvalue weighted by Gasteiger charge is -2.28. The van der Waals surface area contributed by atoms with E-state index in [0.29, 0.717) is 5.56 Å². The van der Waals surface area contributed by atoms with E-state index in [1.165, 1.54) is 6.92 Å². The number of nitrogens with one attached hydrogen (secondary N) is 8. The molecule has 0 aliphatic rings. The van der Waals surface area contributed by atoms with Crippen LogP contribution in [0.4, 0.5) is 0 Å². The summed E-state index contributed by atoms with van der Waals surface area (Å²) in [5.74, 6) is -13.1. The number of carbonyl (C=O) groups excluding carboxylic acids is 9. The lowest BCUT2D eigenvalue weighted by atomic mass is 10.00. The van der Waals surface area contributed by atoms with E-state index in [1.54, 1.807) is 88.4 Å². The molecule has 0 spiro atoms. The zero-order valence-corrected chi connectivity index (χ0v) is 42.9. The summed E-state index contributed by atoms with van der Waals surface area (Å²) in [6.45, 7) is 8.99. The number of aliphatic carboxylic acids is 3. The van der Waals surface area contributed by atoms with Gasteiger partial charge in [-0.05, 0) is 68.9 Å². The molecule has 0 aromatic heterocycles. The quantitative estimate of drug-likeness (QED) is 0.0387. The number of carboxylic acids is 3. The summed E-state index contributed by atoms with van der Waals surface area (Å²) in [5, 5.41) is 47.7. The third-order valence-corrected chi connectivity index (χ3v) is 11.5. The topological polar surface area (TPSA) is 414 Å². The second kappa shape index (κ2) is 31.6. The van der Waals surface area contributed by atoms with E-state index < -0.39 is 157 Å². The molecule has 15 N–H and O–H groups in total. The molecular weight excluding hydrogens is 981 g/mol. The zero-order chi connectivity index (χ0) is 56.5. The molecule has 0 radical (unpaired) electrons. The molecule has 0 heterocycles. The average Bonchev–Trinajstić information content (AvgIpc) is 3.33. The number of hydrogen-bond acceptors (Lipinski definition) is 13. The van der Waals surface area contributed by atoms with Crippen LogP contribution in [-0.4, -0.2) is 141 Å². The van der Waals surface area contributed by atoms with E-state index in [9.17, 15) is 72.9 Å². The van der Waals surface area contributed by atoms with Crippen LogP contribution in [0.5, 0.6) is 0 Å². The van der Waals surface area contributed by atoms with Crippen LogP contribution < -0.4 is 54.0 Å². The number of carbonyl (C=O) groups is 12. The van der Waals surface area contributed by atoms with E-state index in [4.69, 9.17) is 11.5 Å². The molecule has 2 rings (SSSR count). The van der Waals surface area contributed by atoms with Gasteiger partial charge in [-0.1, -0.05) is 88.4 Å². The summed E-state index contributed by atoms with van der Waals surface area (Å²) in [6, 6.07) is 4.43. The fraction of sp³-hybridized carbons (Fsp3) is 0.520. The van der Waals surface area contributed by atoms with Crippen molar-refractivity contribution in [3.05, 3.63) is 71.8 Å². The highest BCUT2D eigenvalue weighted by atomic mass is 16.4. The van der Waals surface area contributed by atoms with Gasteiger partial charge in [0, 0.05) is 25.7 Å². The van der Waals surface area contributed by atoms with Gasteiger partial charge < -0.3 is 69.3 Å². The monoisotopic (exact) mass is 1050 g/mol. The van der Waals surface area contributed by atoms with Gasteiger partial charge >= 0.3 is 17.9 Å². The van der Waals surface area contributed by atoms with Gasteiger partial charge in [-0.3, -0.25) is 57.5 Å². The molecule has 25 heteroatoms. The molecule has 0 fully saturated rings. The van der Waals surface area contributed by atoms with E-state index >= 15 is 0 Å². The molecule has 0 saturated heterocycles. The van der Waals surface area contributed by atoms with Crippen molar-refractivity contribution >= 4 is 71.1 Å². The largest absolute Gasteiger partial charge is 0.481 e. The van der Waals surface area contributed by atoms with Crippen LogP contribution in [0.25, 0.3) is 0 Å². The number of benzene rings is 2. The average molecular weight is 1050 g/mol. The smallest absolute Gasteiger partial charge is 0.325 e. The Morgan fingerprint density at radius 1 is 0.440 bits per heavy atom. The van der Waals surface area contributed by atoms with Crippen LogP contribution in [0.1, 0.15) is 97.6 Å². The Labute approximate surface area is 434 Å². The van der Waals surface area contributed by atoms with Crippen molar-refractivity contribution in [1.29, 1.82) is 0 Å². The van der Waals surface area contributed by atoms with E-state index in [2.05, 4.69) is 42.5 Å². The summed E-state index contributed by atoms with van der Waals surface area (Å²) in [6.07, 6.45) is -2.82.